The van der Waals surface area contributed by atoms with Crippen LogP contribution in [-0.2, 0) is 4.79 Å². The van der Waals surface area contributed by atoms with E-state index in [4.69, 9.17) is 4.74 Å². The van der Waals surface area contributed by atoms with Crippen molar-refractivity contribution in [3.63, 3.8) is 0 Å². The highest BCUT2D eigenvalue weighted by Crippen LogP contribution is 2.20. The van der Waals surface area contributed by atoms with E-state index in [0.29, 0.717) is 5.75 Å². The monoisotopic (exact) mass is 353 g/mol. The van der Waals surface area contributed by atoms with Crippen LogP contribution in [-0.4, -0.2) is 22.3 Å². The zero-order valence-electron chi connectivity index (χ0n) is 14.6. The lowest BCUT2D eigenvalue weighted by Crippen LogP contribution is -2.31. The highest BCUT2D eigenvalue weighted by Gasteiger charge is 2.16. The maximum absolute atomic E-state index is 13.1. The third-order valence-corrected chi connectivity index (χ3v) is 4.08. The van der Waals surface area contributed by atoms with Gasteiger partial charge in [0.05, 0.1) is 17.9 Å². The van der Waals surface area contributed by atoms with Crippen LogP contribution >= 0.6 is 0 Å². The lowest BCUT2D eigenvalue weighted by molar-refractivity contribution is -0.123. The molecule has 2 aromatic carbocycles. The summed E-state index contributed by atoms with van der Waals surface area (Å²) in [4.78, 5) is 12.1. The Kier molecular flexibility index (Phi) is 5.31. The van der Waals surface area contributed by atoms with Gasteiger partial charge < -0.3 is 10.1 Å². The highest BCUT2D eigenvalue weighted by atomic mass is 19.1. The van der Waals surface area contributed by atoms with Gasteiger partial charge in [-0.15, -0.1) is 0 Å². The zero-order chi connectivity index (χ0) is 18.5. The van der Waals surface area contributed by atoms with Gasteiger partial charge in [0.15, 0.2) is 6.61 Å². The molecule has 1 aromatic heterocycles. The van der Waals surface area contributed by atoms with Crippen LogP contribution in [0.4, 0.5) is 4.39 Å². The second-order valence-corrected chi connectivity index (χ2v) is 5.96. The summed E-state index contributed by atoms with van der Waals surface area (Å²) in [6.07, 6.45) is 1.71. The molecular weight excluding hydrogens is 333 g/mol. The standard InChI is InChI=1S/C20H20FN3O2/c1-14(23-20(25)13-26-18-6-4-3-5-7-18)19-12-22-24(15(19)2)17-10-8-16(21)9-11-17/h3-12,14H,13H2,1-2H3,(H,23,25). The normalized spacial score (nSPS) is 11.8. The molecule has 0 aliphatic rings. The molecule has 1 heterocycles. The highest BCUT2D eigenvalue weighted by molar-refractivity contribution is 5.78. The number of aromatic nitrogens is 2. The second-order valence-electron chi connectivity index (χ2n) is 5.96. The van der Waals surface area contributed by atoms with E-state index in [0.717, 1.165) is 16.9 Å². The molecule has 26 heavy (non-hydrogen) atoms. The first-order chi connectivity index (χ1) is 12.5. The first-order valence-electron chi connectivity index (χ1n) is 8.32. The van der Waals surface area contributed by atoms with E-state index < -0.39 is 0 Å². The molecule has 0 saturated heterocycles. The maximum atomic E-state index is 13.1. The number of rotatable bonds is 6. The minimum Gasteiger partial charge on any atom is -0.484 e. The fraction of sp³-hybridized carbons (Fsp3) is 0.200. The number of benzene rings is 2. The molecule has 0 aliphatic carbocycles. The second kappa shape index (κ2) is 7.82. The number of nitrogens with one attached hydrogen (secondary N) is 1. The molecule has 1 amide bonds. The van der Waals surface area contributed by atoms with E-state index in [9.17, 15) is 9.18 Å². The van der Waals surface area contributed by atoms with Crippen LogP contribution in [0.1, 0.15) is 24.2 Å². The Bertz CT molecular complexity index is 876. The van der Waals surface area contributed by atoms with E-state index in [2.05, 4.69) is 10.4 Å². The Hall–Kier alpha value is -3.15. The number of ether oxygens (including phenoxy) is 1. The molecule has 5 nitrogen and oxygen atoms in total. The topological polar surface area (TPSA) is 56.1 Å². The molecule has 3 aromatic rings. The summed E-state index contributed by atoms with van der Waals surface area (Å²) in [7, 11) is 0. The number of carbonyl (C=O) groups is 1. The van der Waals surface area contributed by atoms with E-state index in [1.54, 1.807) is 35.1 Å². The summed E-state index contributed by atoms with van der Waals surface area (Å²) in [5.74, 6) is 0.142. The van der Waals surface area contributed by atoms with E-state index in [-0.39, 0.29) is 24.4 Å². The molecule has 0 saturated carbocycles. The van der Waals surface area contributed by atoms with Crippen molar-refractivity contribution in [1.29, 1.82) is 0 Å². The first-order valence-corrected chi connectivity index (χ1v) is 8.32. The van der Waals surface area contributed by atoms with Crippen molar-refractivity contribution in [3.05, 3.63) is 77.9 Å². The molecule has 0 aliphatic heterocycles. The number of hydrogen-bond donors (Lipinski definition) is 1. The molecule has 1 atom stereocenters. The third kappa shape index (κ3) is 4.08. The van der Waals surface area contributed by atoms with Gasteiger partial charge in [0.1, 0.15) is 11.6 Å². The average molecular weight is 353 g/mol. The van der Waals surface area contributed by atoms with E-state index >= 15 is 0 Å². The first kappa shape index (κ1) is 17.7. The Labute approximate surface area is 151 Å². The Morgan fingerprint density at radius 2 is 1.88 bits per heavy atom. The molecule has 1 N–H and O–H groups in total. The molecule has 6 heteroatoms. The van der Waals surface area contributed by atoms with Gasteiger partial charge in [0.25, 0.3) is 5.91 Å². The van der Waals surface area contributed by atoms with Gasteiger partial charge in [-0.2, -0.15) is 5.10 Å². The van der Waals surface area contributed by atoms with Crippen molar-refractivity contribution < 1.29 is 13.9 Å². The lowest BCUT2D eigenvalue weighted by atomic mass is 10.1. The van der Waals surface area contributed by atoms with Crippen LogP contribution in [0.3, 0.4) is 0 Å². The largest absolute Gasteiger partial charge is 0.484 e. The summed E-state index contributed by atoms with van der Waals surface area (Å²) in [5, 5.41) is 7.25. The summed E-state index contributed by atoms with van der Waals surface area (Å²) in [6.45, 7) is 3.74. The number of nitrogens with zero attached hydrogens (tertiary/aromatic N) is 2. The summed E-state index contributed by atoms with van der Waals surface area (Å²) in [5.41, 5.74) is 2.54. The lowest BCUT2D eigenvalue weighted by Gasteiger charge is -2.14. The number of carbonyl (C=O) groups excluding carboxylic acids is 1. The van der Waals surface area contributed by atoms with E-state index in [1.807, 2.05) is 32.0 Å². The van der Waals surface area contributed by atoms with Crippen molar-refractivity contribution in [3.8, 4) is 11.4 Å². The van der Waals surface area contributed by atoms with Crippen LogP contribution in [0, 0.1) is 12.7 Å². The van der Waals surface area contributed by atoms with Gasteiger partial charge in [-0.3, -0.25) is 4.79 Å². The third-order valence-electron chi connectivity index (χ3n) is 4.08. The minimum atomic E-state index is -0.294. The number of hydrogen-bond acceptors (Lipinski definition) is 3. The summed E-state index contributed by atoms with van der Waals surface area (Å²) >= 11 is 0. The van der Waals surface area contributed by atoms with Crippen LogP contribution in [0.5, 0.6) is 5.75 Å². The molecule has 134 valence electrons. The van der Waals surface area contributed by atoms with Crippen LogP contribution in [0.15, 0.2) is 60.8 Å². The molecule has 0 fully saturated rings. The maximum Gasteiger partial charge on any atom is 0.258 e. The van der Waals surface area contributed by atoms with Gasteiger partial charge >= 0.3 is 0 Å². The fourth-order valence-corrected chi connectivity index (χ4v) is 2.72. The predicted octanol–water partition coefficient (Wildman–Crippen LogP) is 3.58. The zero-order valence-corrected chi connectivity index (χ0v) is 14.6. The summed E-state index contributed by atoms with van der Waals surface area (Å²) in [6, 6.07) is 15.1. The van der Waals surface area contributed by atoms with Crippen molar-refractivity contribution in [2.75, 3.05) is 6.61 Å². The molecule has 1 unspecified atom stereocenters. The van der Waals surface area contributed by atoms with Crippen molar-refractivity contribution in [2.45, 2.75) is 19.9 Å². The minimum absolute atomic E-state index is 0.0561. The fourth-order valence-electron chi connectivity index (χ4n) is 2.72. The predicted molar refractivity (Wildman–Crippen MR) is 96.8 cm³/mol. The van der Waals surface area contributed by atoms with Crippen LogP contribution in [0.2, 0.25) is 0 Å². The molecular formula is C20H20FN3O2. The number of amides is 1. The van der Waals surface area contributed by atoms with E-state index in [1.165, 1.54) is 12.1 Å². The quantitative estimate of drug-likeness (QED) is 0.737. The van der Waals surface area contributed by atoms with Gasteiger partial charge in [0.2, 0.25) is 0 Å². The smallest absolute Gasteiger partial charge is 0.258 e. The number of para-hydroxylation sites is 1. The number of halogens is 1. The summed E-state index contributed by atoms with van der Waals surface area (Å²) < 4.78 is 20.3. The van der Waals surface area contributed by atoms with Crippen LogP contribution in [0.25, 0.3) is 5.69 Å². The SMILES string of the molecule is Cc1c(C(C)NC(=O)COc2ccccc2)cnn1-c1ccc(F)cc1. The van der Waals surface area contributed by atoms with Gasteiger partial charge in [-0.1, -0.05) is 18.2 Å². The molecule has 0 bridgehead atoms. The van der Waals surface area contributed by atoms with Gasteiger partial charge in [0, 0.05) is 11.3 Å². The molecule has 0 radical (unpaired) electrons. The van der Waals surface area contributed by atoms with Gasteiger partial charge in [-0.25, -0.2) is 9.07 Å². The average Bonchev–Trinajstić information content (AvgIpc) is 3.03. The Balaban J connectivity index is 1.63. The van der Waals surface area contributed by atoms with Crippen molar-refractivity contribution in [2.24, 2.45) is 0 Å². The van der Waals surface area contributed by atoms with Crippen molar-refractivity contribution >= 4 is 5.91 Å². The Morgan fingerprint density at radius 1 is 1.19 bits per heavy atom. The molecule has 3 rings (SSSR count). The van der Waals surface area contributed by atoms with Gasteiger partial charge in [-0.05, 0) is 50.2 Å². The Morgan fingerprint density at radius 3 is 2.58 bits per heavy atom. The molecule has 0 spiro atoms. The van der Waals surface area contributed by atoms with Crippen molar-refractivity contribution in [1.82, 2.24) is 15.1 Å². The van der Waals surface area contributed by atoms with Crippen LogP contribution < -0.4 is 10.1 Å².